The molecule has 0 fully saturated rings. The second kappa shape index (κ2) is 7.33. The number of hydrogen-bond acceptors (Lipinski definition) is 1. The van der Waals surface area contributed by atoms with E-state index in [0.29, 0.717) is 5.92 Å². The molecule has 0 radical (unpaired) electrons. The van der Waals surface area contributed by atoms with E-state index < -0.39 is 0 Å². The molecule has 0 saturated carbocycles. The average Bonchev–Trinajstić information content (AvgIpc) is 2.59. The van der Waals surface area contributed by atoms with Crippen molar-refractivity contribution in [1.82, 2.24) is 0 Å². The molecule has 3 aromatic carbocycles. The Morgan fingerprint density at radius 3 is 2.00 bits per heavy atom. The minimum Gasteiger partial charge on any atom is -0.0898 e. The summed E-state index contributed by atoms with van der Waals surface area (Å²) in [5, 5.41) is 0. The van der Waals surface area contributed by atoms with Crippen LogP contribution >= 0.6 is 11.8 Å². The van der Waals surface area contributed by atoms with Gasteiger partial charge in [-0.15, -0.1) is 0 Å². The molecule has 1 atom stereocenters. The van der Waals surface area contributed by atoms with Crippen LogP contribution in [0, 0.1) is 0 Å². The second-order valence-corrected chi connectivity index (χ2v) is 6.44. The first kappa shape index (κ1) is 14.9. The van der Waals surface area contributed by atoms with Gasteiger partial charge in [-0.3, -0.25) is 0 Å². The fourth-order valence-electron chi connectivity index (χ4n) is 2.80. The van der Waals surface area contributed by atoms with Crippen molar-refractivity contribution in [3.05, 3.63) is 96.1 Å². The van der Waals surface area contributed by atoms with E-state index in [9.17, 15) is 0 Å². The molecule has 0 bridgehead atoms. The van der Waals surface area contributed by atoms with E-state index in [1.807, 2.05) is 11.8 Å². The topological polar surface area (TPSA) is 0 Å². The summed E-state index contributed by atoms with van der Waals surface area (Å²) in [5.41, 5.74) is 2.82. The molecule has 0 aromatic heterocycles. The van der Waals surface area contributed by atoms with Gasteiger partial charge in [0, 0.05) is 15.7 Å². The van der Waals surface area contributed by atoms with Gasteiger partial charge in [0.15, 0.2) is 0 Å². The molecule has 3 rings (SSSR count). The van der Waals surface area contributed by atoms with Crippen LogP contribution in [0.25, 0.3) is 0 Å². The third-order valence-corrected chi connectivity index (χ3v) is 4.98. The average molecular weight is 304 g/mol. The summed E-state index contributed by atoms with van der Waals surface area (Å²) in [6.07, 6.45) is 1.11. The first-order chi connectivity index (χ1) is 10.9. The van der Waals surface area contributed by atoms with Crippen LogP contribution in [0.1, 0.15) is 30.4 Å². The Balaban J connectivity index is 1.96. The molecule has 0 spiro atoms. The monoisotopic (exact) mass is 304 g/mol. The second-order valence-electron chi connectivity index (χ2n) is 5.32. The zero-order valence-electron chi connectivity index (χ0n) is 12.8. The van der Waals surface area contributed by atoms with Gasteiger partial charge in [0.05, 0.1) is 0 Å². The Kier molecular flexibility index (Phi) is 4.97. The summed E-state index contributed by atoms with van der Waals surface area (Å²) in [6, 6.07) is 30.2. The Bertz CT molecular complexity index is 704. The molecule has 0 nitrogen and oxygen atoms in total. The van der Waals surface area contributed by atoms with Gasteiger partial charge < -0.3 is 0 Å². The number of rotatable bonds is 5. The first-order valence-corrected chi connectivity index (χ1v) is 8.57. The molecule has 22 heavy (non-hydrogen) atoms. The van der Waals surface area contributed by atoms with Gasteiger partial charge in [0.1, 0.15) is 0 Å². The van der Waals surface area contributed by atoms with E-state index in [-0.39, 0.29) is 0 Å². The van der Waals surface area contributed by atoms with Gasteiger partial charge in [-0.25, -0.2) is 0 Å². The Morgan fingerprint density at radius 1 is 0.727 bits per heavy atom. The van der Waals surface area contributed by atoms with E-state index in [2.05, 4.69) is 91.9 Å². The number of benzene rings is 3. The molecular weight excluding hydrogens is 284 g/mol. The van der Waals surface area contributed by atoms with Crippen LogP contribution in [-0.2, 0) is 0 Å². The molecule has 0 aliphatic heterocycles. The highest BCUT2D eigenvalue weighted by atomic mass is 32.2. The zero-order valence-corrected chi connectivity index (χ0v) is 13.6. The van der Waals surface area contributed by atoms with Crippen molar-refractivity contribution in [2.75, 3.05) is 0 Å². The lowest BCUT2D eigenvalue weighted by atomic mass is 9.89. The van der Waals surface area contributed by atoms with Gasteiger partial charge in [0.2, 0.25) is 0 Å². The summed E-state index contributed by atoms with van der Waals surface area (Å²) in [6.45, 7) is 2.27. The summed E-state index contributed by atoms with van der Waals surface area (Å²) >= 11 is 1.85. The van der Waals surface area contributed by atoms with Crippen molar-refractivity contribution in [3.63, 3.8) is 0 Å². The highest BCUT2D eigenvalue weighted by Gasteiger charge is 2.15. The van der Waals surface area contributed by atoms with Crippen molar-refractivity contribution < 1.29 is 0 Å². The Morgan fingerprint density at radius 2 is 1.32 bits per heavy atom. The molecule has 0 amide bonds. The molecule has 0 aliphatic carbocycles. The van der Waals surface area contributed by atoms with Crippen molar-refractivity contribution in [1.29, 1.82) is 0 Å². The quantitative estimate of drug-likeness (QED) is 0.527. The minimum absolute atomic E-state index is 0.452. The lowest BCUT2D eigenvalue weighted by Gasteiger charge is -2.19. The predicted octanol–water partition coefficient (Wildman–Crippen LogP) is 6.38. The van der Waals surface area contributed by atoms with E-state index in [1.54, 1.807) is 0 Å². The third kappa shape index (κ3) is 3.42. The Hall–Kier alpha value is -1.99. The normalized spacial score (nSPS) is 12.0. The smallest absolute Gasteiger partial charge is 0.0160 e. The van der Waals surface area contributed by atoms with E-state index in [1.165, 1.54) is 20.9 Å². The standard InChI is InChI=1S/C21H20S/c1-2-19(17-11-5-3-6-12-17)20-15-9-10-16-21(20)22-18-13-7-4-8-14-18/h3-16,19H,2H2,1H3. The fraction of sp³-hybridized carbons (Fsp3) is 0.143. The predicted molar refractivity (Wildman–Crippen MR) is 95.6 cm³/mol. The van der Waals surface area contributed by atoms with Crippen LogP contribution in [-0.4, -0.2) is 0 Å². The van der Waals surface area contributed by atoms with Crippen LogP contribution in [0.4, 0.5) is 0 Å². The summed E-state index contributed by atoms with van der Waals surface area (Å²) in [4.78, 5) is 2.64. The van der Waals surface area contributed by atoms with Gasteiger partial charge in [-0.05, 0) is 35.7 Å². The summed E-state index contributed by atoms with van der Waals surface area (Å²) < 4.78 is 0. The maximum atomic E-state index is 2.27. The first-order valence-electron chi connectivity index (χ1n) is 7.75. The molecule has 0 heterocycles. The molecule has 1 heteroatoms. The summed E-state index contributed by atoms with van der Waals surface area (Å²) in [7, 11) is 0. The molecule has 0 aliphatic rings. The molecule has 0 saturated heterocycles. The van der Waals surface area contributed by atoms with Crippen LogP contribution in [0.15, 0.2) is 94.7 Å². The Labute approximate surface area is 137 Å². The van der Waals surface area contributed by atoms with Gasteiger partial charge in [-0.1, -0.05) is 85.4 Å². The molecule has 110 valence electrons. The highest BCUT2D eigenvalue weighted by molar-refractivity contribution is 7.99. The van der Waals surface area contributed by atoms with Crippen molar-refractivity contribution in [2.45, 2.75) is 29.1 Å². The van der Waals surface area contributed by atoms with Gasteiger partial charge in [0.25, 0.3) is 0 Å². The maximum absolute atomic E-state index is 2.27. The van der Waals surface area contributed by atoms with Crippen LogP contribution in [0.2, 0.25) is 0 Å². The lowest BCUT2D eigenvalue weighted by molar-refractivity contribution is 0.762. The fourth-order valence-corrected chi connectivity index (χ4v) is 3.82. The van der Waals surface area contributed by atoms with Crippen LogP contribution in [0.3, 0.4) is 0 Å². The minimum atomic E-state index is 0.452. The van der Waals surface area contributed by atoms with Crippen LogP contribution in [0.5, 0.6) is 0 Å². The van der Waals surface area contributed by atoms with E-state index in [0.717, 1.165) is 6.42 Å². The largest absolute Gasteiger partial charge is 0.0898 e. The molecule has 1 unspecified atom stereocenters. The van der Waals surface area contributed by atoms with Gasteiger partial charge in [-0.2, -0.15) is 0 Å². The summed E-state index contributed by atoms with van der Waals surface area (Å²) in [5.74, 6) is 0.452. The zero-order chi connectivity index (χ0) is 15.2. The third-order valence-electron chi connectivity index (χ3n) is 3.88. The SMILES string of the molecule is CCC(c1ccccc1)c1ccccc1Sc1ccccc1. The van der Waals surface area contributed by atoms with E-state index in [4.69, 9.17) is 0 Å². The van der Waals surface area contributed by atoms with Crippen molar-refractivity contribution >= 4 is 11.8 Å². The van der Waals surface area contributed by atoms with Crippen LogP contribution < -0.4 is 0 Å². The molecular formula is C21H20S. The molecule has 3 aromatic rings. The van der Waals surface area contributed by atoms with E-state index >= 15 is 0 Å². The maximum Gasteiger partial charge on any atom is 0.0160 e. The van der Waals surface area contributed by atoms with Crippen molar-refractivity contribution in [3.8, 4) is 0 Å². The number of hydrogen-bond donors (Lipinski definition) is 0. The molecule has 0 N–H and O–H groups in total. The van der Waals surface area contributed by atoms with Gasteiger partial charge >= 0.3 is 0 Å². The highest BCUT2D eigenvalue weighted by Crippen LogP contribution is 2.37. The van der Waals surface area contributed by atoms with Crippen molar-refractivity contribution in [2.24, 2.45) is 0 Å². The lowest BCUT2D eigenvalue weighted by Crippen LogP contribution is -2.01.